The first-order valence-corrected chi connectivity index (χ1v) is 18.1. The fraction of sp³-hybridized carbons (Fsp3) is 0.758. The predicted octanol–water partition coefficient (Wildman–Crippen LogP) is 11.7. The number of benzene rings is 1. The molecule has 0 spiro atoms. The maximum absolute atomic E-state index is 4.44. The molecule has 34 heavy (non-hydrogen) atoms. The second kappa shape index (κ2) is 21.7. The molecular formula is C33H61P. The Hall–Kier alpha value is -0.610. The van der Waals surface area contributed by atoms with Crippen LogP contribution < -0.4 is 0 Å². The summed E-state index contributed by atoms with van der Waals surface area (Å²) in [4.78, 5) is 0. The second-order valence-corrected chi connectivity index (χ2v) is 15.9. The van der Waals surface area contributed by atoms with E-state index in [-0.39, 0.29) is 0 Å². The van der Waals surface area contributed by atoms with Gasteiger partial charge in [0.1, 0.15) is 0 Å². The van der Waals surface area contributed by atoms with Crippen LogP contribution in [0.3, 0.4) is 0 Å². The van der Waals surface area contributed by atoms with Gasteiger partial charge in [-0.15, -0.1) is 0 Å². The summed E-state index contributed by atoms with van der Waals surface area (Å²) in [7, 11) is -1.49. The standard InChI is InChI=1S/C33H61P/c1-5-9-12-15-18-24-29-34(30-25-19-16-13-10-6-2,31-26-20-17-14-11-7-3)33(8-4)32-27-22-21-23-28-32/h8,21-23,27-28,33-34H,4-7,9-20,24-26,29-31H2,1-3H3. The van der Waals surface area contributed by atoms with Crippen LogP contribution in [0.1, 0.15) is 148 Å². The maximum atomic E-state index is 4.44. The minimum absolute atomic E-state index is 0.635. The van der Waals surface area contributed by atoms with Gasteiger partial charge in [-0.25, -0.2) is 0 Å². The van der Waals surface area contributed by atoms with E-state index in [0.717, 1.165) is 0 Å². The molecule has 0 aromatic heterocycles. The molecule has 1 unspecified atom stereocenters. The molecule has 0 nitrogen and oxygen atoms in total. The van der Waals surface area contributed by atoms with Crippen LogP contribution in [0.5, 0.6) is 0 Å². The van der Waals surface area contributed by atoms with Gasteiger partial charge in [0.2, 0.25) is 0 Å². The number of rotatable bonds is 24. The molecule has 0 aliphatic heterocycles. The Bertz CT molecular complexity index is 522. The van der Waals surface area contributed by atoms with E-state index in [2.05, 4.69) is 63.8 Å². The first-order chi connectivity index (χ1) is 16.7. The molecule has 0 aliphatic carbocycles. The first kappa shape index (κ1) is 31.4. The quantitative estimate of drug-likeness (QED) is 0.0771. The number of hydrogen-bond donors (Lipinski definition) is 0. The molecule has 198 valence electrons. The van der Waals surface area contributed by atoms with Gasteiger partial charge in [0, 0.05) is 0 Å². The SMILES string of the molecule is C=CC(c1ccccc1)[PH](CCCCCCCC)(CCCCCCCC)CCCCCCCC. The molecule has 0 saturated heterocycles. The van der Waals surface area contributed by atoms with Gasteiger partial charge >= 0.3 is 216 Å². The first-order valence-electron chi connectivity index (χ1n) is 15.4. The summed E-state index contributed by atoms with van der Waals surface area (Å²) in [6, 6.07) is 11.5. The van der Waals surface area contributed by atoms with Crippen LogP contribution in [0.2, 0.25) is 0 Å². The van der Waals surface area contributed by atoms with Crippen LogP contribution in [0.25, 0.3) is 0 Å². The summed E-state index contributed by atoms with van der Waals surface area (Å²) in [6.45, 7) is 11.4. The average molecular weight is 489 g/mol. The van der Waals surface area contributed by atoms with Crippen molar-refractivity contribution in [3.05, 3.63) is 48.6 Å². The Kier molecular flexibility index (Phi) is 20.0. The van der Waals surface area contributed by atoms with Crippen molar-refractivity contribution < 1.29 is 0 Å². The Morgan fingerprint density at radius 3 is 1.26 bits per heavy atom. The van der Waals surface area contributed by atoms with Gasteiger partial charge in [0.25, 0.3) is 0 Å². The van der Waals surface area contributed by atoms with Crippen molar-refractivity contribution in [2.75, 3.05) is 18.5 Å². The van der Waals surface area contributed by atoms with E-state index in [1.165, 1.54) is 134 Å². The van der Waals surface area contributed by atoms with Crippen LogP contribution in [0.15, 0.2) is 43.0 Å². The summed E-state index contributed by atoms with van der Waals surface area (Å²) < 4.78 is 0. The average Bonchev–Trinajstić information content (AvgIpc) is 2.86. The zero-order chi connectivity index (χ0) is 24.7. The molecule has 0 radical (unpaired) electrons. The molecular weight excluding hydrogens is 427 g/mol. The van der Waals surface area contributed by atoms with Crippen molar-refractivity contribution in [3.63, 3.8) is 0 Å². The molecule has 0 aliphatic rings. The van der Waals surface area contributed by atoms with Gasteiger partial charge in [-0.05, 0) is 0 Å². The summed E-state index contributed by atoms with van der Waals surface area (Å²) in [5.41, 5.74) is 2.20. The summed E-state index contributed by atoms with van der Waals surface area (Å²) in [5.74, 6) is 0. The van der Waals surface area contributed by atoms with Crippen LogP contribution >= 0.6 is 7.26 Å². The molecule has 1 rings (SSSR count). The topological polar surface area (TPSA) is 0 Å². The fourth-order valence-electron chi connectivity index (χ4n) is 6.01. The fourth-order valence-corrected chi connectivity index (χ4v) is 12.0. The molecule has 0 heterocycles. The third kappa shape index (κ3) is 13.5. The second-order valence-electron chi connectivity index (χ2n) is 11.0. The molecule has 0 N–H and O–H groups in total. The van der Waals surface area contributed by atoms with Gasteiger partial charge in [0.15, 0.2) is 0 Å². The Balaban J connectivity index is 2.93. The molecule has 1 aromatic carbocycles. The summed E-state index contributed by atoms with van der Waals surface area (Å²) in [5, 5.41) is 0. The van der Waals surface area contributed by atoms with E-state index in [1.54, 1.807) is 5.56 Å². The van der Waals surface area contributed by atoms with Gasteiger partial charge in [0.05, 0.1) is 0 Å². The van der Waals surface area contributed by atoms with Crippen LogP contribution in [0.4, 0.5) is 0 Å². The molecule has 0 bridgehead atoms. The van der Waals surface area contributed by atoms with Crippen LogP contribution in [0, 0.1) is 0 Å². The third-order valence-electron chi connectivity index (χ3n) is 8.14. The Morgan fingerprint density at radius 2 is 0.912 bits per heavy atom. The number of unbranched alkanes of at least 4 members (excludes halogenated alkanes) is 15. The molecule has 0 fully saturated rings. The number of hydrogen-bond acceptors (Lipinski definition) is 0. The van der Waals surface area contributed by atoms with Crippen LogP contribution in [-0.2, 0) is 0 Å². The van der Waals surface area contributed by atoms with Crippen molar-refractivity contribution in [2.45, 2.75) is 142 Å². The third-order valence-corrected chi connectivity index (χ3v) is 14.1. The molecule has 0 saturated carbocycles. The summed E-state index contributed by atoms with van der Waals surface area (Å²) in [6.07, 6.45) is 32.6. The van der Waals surface area contributed by atoms with Crippen molar-refractivity contribution in [3.8, 4) is 0 Å². The predicted molar refractivity (Wildman–Crippen MR) is 162 cm³/mol. The minimum atomic E-state index is -1.49. The van der Waals surface area contributed by atoms with E-state index in [9.17, 15) is 0 Å². The van der Waals surface area contributed by atoms with Gasteiger partial charge in [-0.3, -0.25) is 0 Å². The van der Waals surface area contributed by atoms with E-state index in [1.807, 2.05) is 0 Å². The van der Waals surface area contributed by atoms with Crippen LogP contribution in [-0.4, -0.2) is 18.5 Å². The Morgan fingerprint density at radius 1 is 0.559 bits per heavy atom. The van der Waals surface area contributed by atoms with E-state index < -0.39 is 7.26 Å². The normalized spacial score (nSPS) is 13.1. The molecule has 1 aromatic rings. The molecule has 1 heteroatoms. The van der Waals surface area contributed by atoms with Crippen molar-refractivity contribution in [1.29, 1.82) is 0 Å². The van der Waals surface area contributed by atoms with Crippen molar-refractivity contribution in [1.82, 2.24) is 0 Å². The van der Waals surface area contributed by atoms with E-state index >= 15 is 0 Å². The van der Waals surface area contributed by atoms with Gasteiger partial charge in [-0.2, -0.15) is 0 Å². The van der Waals surface area contributed by atoms with Crippen molar-refractivity contribution >= 4 is 7.26 Å². The summed E-state index contributed by atoms with van der Waals surface area (Å²) >= 11 is 0. The van der Waals surface area contributed by atoms with Crippen molar-refractivity contribution in [2.24, 2.45) is 0 Å². The van der Waals surface area contributed by atoms with E-state index in [4.69, 9.17) is 0 Å². The van der Waals surface area contributed by atoms with E-state index in [0.29, 0.717) is 5.66 Å². The Labute approximate surface area is 216 Å². The monoisotopic (exact) mass is 488 g/mol. The van der Waals surface area contributed by atoms with Gasteiger partial charge in [-0.1, -0.05) is 0 Å². The van der Waals surface area contributed by atoms with Gasteiger partial charge < -0.3 is 0 Å². The zero-order valence-corrected chi connectivity index (χ0v) is 24.6. The molecule has 0 amide bonds. The molecule has 1 atom stereocenters. The number of allylic oxidation sites excluding steroid dienone is 1. The zero-order valence-electron chi connectivity index (χ0n) is 23.6.